The molecule has 0 bridgehead atoms. The molecular formula is C22H29N5O2+2. The number of rotatable bonds is 5. The number of likely N-dealkylation sites (N-methyl/N-ethyl adjacent to an activating group) is 1. The second-order valence-corrected chi connectivity index (χ2v) is 7.95. The summed E-state index contributed by atoms with van der Waals surface area (Å²) in [6, 6.07) is 12.7. The van der Waals surface area contributed by atoms with E-state index in [4.69, 9.17) is 0 Å². The molecule has 2 aromatic carbocycles. The number of benzene rings is 2. The Labute approximate surface area is 171 Å². The van der Waals surface area contributed by atoms with E-state index in [0.717, 1.165) is 24.3 Å². The van der Waals surface area contributed by atoms with Crippen LogP contribution in [0.1, 0.15) is 27.1 Å². The molecule has 5 N–H and O–H groups in total. The SMILES string of the molecule is C[NH+]1CC[NH+](CCCNC(=O)c2ccc3c(c2)NC(=O)c2ccccc2N3)CC1. The third-order valence-corrected chi connectivity index (χ3v) is 5.77. The molecule has 29 heavy (non-hydrogen) atoms. The maximum Gasteiger partial charge on any atom is 0.257 e. The van der Waals surface area contributed by atoms with Gasteiger partial charge in [-0.1, -0.05) is 12.1 Å². The lowest BCUT2D eigenvalue weighted by molar-refractivity contribution is -1.00. The predicted molar refractivity (Wildman–Crippen MR) is 113 cm³/mol. The molecule has 0 spiro atoms. The highest BCUT2D eigenvalue weighted by Crippen LogP contribution is 2.32. The fraction of sp³-hybridized carbons (Fsp3) is 0.364. The summed E-state index contributed by atoms with van der Waals surface area (Å²) >= 11 is 0. The molecule has 0 aliphatic carbocycles. The normalized spacial score (nSPS) is 20.5. The molecule has 2 heterocycles. The Balaban J connectivity index is 1.33. The standard InChI is InChI=1S/C22H27N5O2/c1-26-11-13-27(14-12-26)10-4-9-23-21(28)16-7-8-19-20(15-16)25-22(29)17-5-2-3-6-18(17)24-19/h2-3,5-8,15,24H,4,9-14H2,1H3,(H,23,28)(H,25,29)/p+2. The largest absolute Gasteiger partial charge is 0.353 e. The molecule has 2 aromatic rings. The fourth-order valence-corrected chi connectivity index (χ4v) is 3.95. The van der Waals surface area contributed by atoms with E-state index in [0.29, 0.717) is 23.4 Å². The van der Waals surface area contributed by atoms with E-state index in [2.05, 4.69) is 23.0 Å². The second kappa shape index (κ2) is 8.63. The molecule has 152 valence electrons. The van der Waals surface area contributed by atoms with Crippen molar-refractivity contribution in [2.24, 2.45) is 0 Å². The van der Waals surface area contributed by atoms with Crippen LogP contribution >= 0.6 is 0 Å². The predicted octanol–water partition coefficient (Wildman–Crippen LogP) is -0.471. The first-order chi connectivity index (χ1) is 14.1. The molecule has 2 aliphatic rings. The molecule has 7 nitrogen and oxygen atoms in total. The van der Waals surface area contributed by atoms with Gasteiger partial charge in [-0.05, 0) is 30.3 Å². The number of nitrogens with one attached hydrogen (secondary N) is 5. The van der Waals surface area contributed by atoms with Crippen LogP contribution in [0.15, 0.2) is 42.5 Å². The number of anilines is 3. The van der Waals surface area contributed by atoms with E-state index in [1.807, 2.05) is 24.3 Å². The van der Waals surface area contributed by atoms with Crippen LogP contribution < -0.4 is 25.8 Å². The quantitative estimate of drug-likeness (QED) is 0.444. The molecule has 7 heteroatoms. The molecule has 2 aliphatic heterocycles. The third-order valence-electron chi connectivity index (χ3n) is 5.77. The number of carbonyl (C=O) groups is 2. The maximum absolute atomic E-state index is 12.6. The molecule has 0 saturated carbocycles. The first kappa shape index (κ1) is 19.4. The van der Waals surface area contributed by atoms with Crippen molar-refractivity contribution in [3.05, 3.63) is 53.6 Å². The van der Waals surface area contributed by atoms with Crippen molar-refractivity contribution >= 4 is 28.9 Å². The maximum atomic E-state index is 12.6. The number of piperazine rings is 1. The van der Waals surface area contributed by atoms with Gasteiger partial charge >= 0.3 is 0 Å². The Morgan fingerprint density at radius 3 is 2.62 bits per heavy atom. The summed E-state index contributed by atoms with van der Waals surface area (Å²) in [4.78, 5) is 28.3. The number of para-hydroxylation sites is 1. The van der Waals surface area contributed by atoms with Gasteiger partial charge < -0.3 is 25.8 Å². The first-order valence-corrected chi connectivity index (χ1v) is 10.3. The van der Waals surface area contributed by atoms with Crippen LogP contribution in [-0.2, 0) is 0 Å². The molecule has 0 unspecified atom stereocenters. The number of hydrogen-bond acceptors (Lipinski definition) is 3. The van der Waals surface area contributed by atoms with E-state index in [9.17, 15) is 9.59 Å². The summed E-state index contributed by atoms with van der Waals surface area (Å²) in [7, 11) is 2.24. The number of quaternary nitrogens is 2. The molecule has 1 fully saturated rings. The van der Waals surface area contributed by atoms with Crippen LogP contribution in [0.3, 0.4) is 0 Å². The number of carbonyl (C=O) groups excluding carboxylic acids is 2. The molecule has 1 saturated heterocycles. The van der Waals surface area contributed by atoms with Crippen molar-refractivity contribution in [2.45, 2.75) is 6.42 Å². The summed E-state index contributed by atoms with van der Waals surface area (Å²) in [5.74, 6) is -0.289. The lowest BCUT2D eigenvalue weighted by Crippen LogP contribution is -3.27. The molecule has 0 aromatic heterocycles. The van der Waals surface area contributed by atoms with Gasteiger partial charge in [0.25, 0.3) is 11.8 Å². The van der Waals surface area contributed by atoms with Crippen molar-refractivity contribution in [3.8, 4) is 0 Å². The minimum absolute atomic E-state index is 0.110. The van der Waals surface area contributed by atoms with Crippen LogP contribution in [0, 0.1) is 0 Å². The summed E-state index contributed by atoms with van der Waals surface area (Å²) < 4.78 is 0. The van der Waals surface area contributed by atoms with Crippen LogP contribution in [0.5, 0.6) is 0 Å². The van der Waals surface area contributed by atoms with E-state index in [1.165, 1.54) is 26.2 Å². The third kappa shape index (κ3) is 4.58. The van der Waals surface area contributed by atoms with Gasteiger partial charge in [0.05, 0.1) is 36.2 Å². The lowest BCUT2D eigenvalue weighted by atomic mass is 10.1. The molecule has 2 amide bonds. The molecule has 0 radical (unpaired) electrons. The van der Waals surface area contributed by atoms with Gasteiger partial charge in [0.15, 0.2) is 0 Å². The van der Waals surface area contributed by atoms with E-state index >= 15 is 0 Å². The zero-order valence-electron chi connectivity index (χ0n) is 16.8. The Hall–Kier alpha value is -2.90. The summed E-state index contributed by atoms with van der Waals surface area (Å²) in [6.07, 6.45) is 0.971. The molecular weight excluding hydrogens is 366 g/mol. The molecule has 0 atom stereocenters. The van der Waals surface area contributed by atoms with Gasteiger partial charge in [-0.2, -0.15) is 0 Å². The smallest absolute Gasteiger partial charge is 0.257 e. The highest BCUT2D eigenvalue weighted by molar-refractivity contribution is 6.12. The Kier molecular flexibility index (Phi) is 5.78. The fourth-order valence-electron chi connectivity index (χ4n) is 3.95. The van der Waals surface area contributed by atoms with Crippen molar-refractivity contribution in [2.75, 3.05) is 56.9 Å². The number of hydrogen-bond donors (Lipinski definition) is 5. The van der Waals surface area contributed by atoms with Gasteiger partial charge in [-0.25, -0.2) is 0 Å². The second-order valence-electron chi connectivity index (χ2n) is 7.95. The Morgan fingerprint density at radius 1 is 1.00 bits per heavy atom. The minimum Gasteiger partial charge on any atom is -0.353 e. The van der Waals surface area contributed by atoms with Crippen LogP contribution in [-0.4, -0.2) is 58.1 Å². The topological polar surface area (TPSA) is 79.1 Å². The zero-order chi connectivity index (χ0) is 20.2. The summed E-state index contributed by atoms with van der Waals surface area (Å²) in [6.45, 7) is 6.62. The number of amides is 2. The number of fused-ring (bicyclic) bond motifs is 2. The summed E-state index contributed by atoms with van der Waals surface area (Å²) in [5, 5.41) is 9.18. The Morgan fingerprint density at radius 2 is 1.79 bits per heavy atom. The van der Waals surface area contributed by atoms with Crippen LogP contribution in [0.25, 0.3) is 0 Å². The van der Waals surface area contributed by atoms with E-state index < -0.39 is 0 Å². The van der Waals surface area contributed by atoms with Crippen LogP contribution in [0.2, 0.25) is 0 Å². The average Bonchev–Trinajstić information content (AvgIpc) is 2.87. The van der Waals surface area contributed by atoms with Crippen molar-refractivity contribution in [3.63, 3.8) is 0 Å². The summed E-state index contributed by atoms with van der Waals surface area (Å²) in [5.41, 5.74) is 3.29. The zero-order valence-corrected chi connectivity index (χ0v) is 16.8. The van der Waals surface area contributed by atoms with Gasteiger partial charge in [-0.3, -0.25) is 9.59 Å². The van der Waals surface area contributed by atoms with Gasteiger partial charge in [0.2, 0.25) is 0 Å². The highest BCUT2D eigenvalue weighted by atomic mass is 16.2. The van der Waals surface area contributed by atoms with Crippen molar-refractivity contribution < 1.29 is 19.4 Å². The van der Waals surface area contributed by atoms with Gasteiger partial charge in [0.1, 0.15) is 26.2 Å². The van der Waals surface area contributed by atoms with Crippen LogP contribution in [0.4, 0.5) is 17.1 Å². The van der Waals surface area contributed by atoms with Gasteiger partial charge in [0, 0.05) is 18.5 Å². The average molecular weight is 396 g/mol. The van der Waals surface area contributed by atoms with E-state index in [-0.39, 0.29) is 11.8 Å². The minimum atomic E-state index is -0.179. The van der Waals surface area contributed by atoms with Crippen molar-refractivity contribution in [1.29, 1.82) is 0 Å². The van der Waals surface area contributed by atoms with E-state index in [1.54, 1.807) is 28.0 Å². The van der Waals surface area contributed by atoms with Gasteiger partial charge in [-0.15, -0.1) is 0 Å². The monoisotopic (exact) mass is 395 g/mol. The Bertz CT molecular complexity index is 906. The first-order valence-electron chi connectivity index (χ1n) is 10.3. The van der Waals surface area contributed by atoms with Crippen molar-refractivity contribution in [1.82, 2.24) is 5.32 Å². The lowest BCUT2D eigenvalue weighted by Gasteiger charge is -2.27. The highest BCUT2D eigenvalue weighted by Gasteiger charge is 2.21. The molecule has 4 rings (SSSR count).